The highest BCUT2D eigenvalue weighted by atomic mass is 32.2. The topological polar surface area (TPSA) is 82.4 Å². The monoisotopic (exact) mass is 469 g/mol. The Morgan fingerprint density at radius 3 is 2.35 bits per heavy atom. The van der Waals surface area contributed by atoms with Gasteiger partial charge in [-0.15, -0.1) is 0 Å². The highest BCUT2D eigenvalue weighted by molar-refractivity contribution is 8.05. The number of nitrogens with zero attached hydrogens (tertiary/aromatic N) is 2. The minimum absolute atomic E-state index is 0.0972. The average molecular weight is 470 g/mol. The number of aryl methyl sites for hydroxylation is 1. The van der Waals surface area contributed by atoms with Gasteiger partial charge < -0.3 is 10.1 Å². The predicted molar refractivity (Wildman–Crippen MR) is 134 cm³/mol. The van der Waals surface area contributed by atoms with Gasteiger partial charge in [-0.2, -0.15) is 5.26 Å². The molecule has 1 saturated heterocycles. The molecule has 0 saturated carbocycles. The van der Waals surface area contributed by atoms with E-state index in [1.165, 1.54) is 16.7 Å². The van der Waals surface area contributed by atoms with Crippen molar-refractivity contribution < 1.29 is 14.3 Å². The first-order valence-electron chi connectivity index (χ1n) is 10.7. The first-order valence-corrected chi connectivity index (χ1v) is 11.6. The Balaban J connectivity index is 1.68. The van der Waals surface area contributed by atoms with Crippen molar-refractivity contribution in [2.24, 2.45) is 0 Å². The highest BCUT2D eigenvalue weighted by Crippen LogP contribution is 2.42. The Morgan fingerprint density at radius 2 is 1.74 bits per heavy atom. The maximum Gasteiger partial charge on any atom is 0.269 e. The fourth-order valence-electron chi connectivity index (χ4n) is 3.61. The van der Waals surface area contributed by atoms with Crippen LogP contribution in [-0.4, -0.2) is 24.2 Å². The number of methoxy groups -OCH3 is 1. The van der Waals surface area contributed by atoms with Crippen molar-refractivity contribution in [1.29, 1.82) is 5.26 Å². The summed E-state index contributed by atoms with van der Waals surface area (Å²) in [6, 6.07) is 25.9. The van der Waals surface area contributed by atoms with Crippen LogP contribution in [0.5, 0.6) is 5.75 Å². The van der Waals surface area contributed by atoms with Crippen LogP contribution in [0.25, 0.3) is 0 Å². The highest BCUT2D eigenvalue weighted by Gasteiger charge is 2.40. The van der Waals surface area contributed by atoms with Gasteiger partial charge in [0.05, 0.1) is 12.4 Å². The summed E-state index contributed by atoms with van der Waals surface area (Å²) in [4.78, 5) is 28.0. The van der Waals surface area contributed by atoms with Crippen LogP contribution in [0.4, 0.5) is 11.4 Å². The summed E-state index contributed by atoms with van der Waals surface area (Å²) in [6.07, 6.45) is 0.457. The number of carbonyl (C=O) groups is 2. The van der Waals surface area contributed by atoms with Gasteiger partial charge in [0.2, 0.25) is 5.91 Å². The van der Waals surface area contributed by atoms with Gasteiger partial charge in [0.1, 0.15) is 22.4 Å². The molecule has 0 radical (unpaired) electrons. The molecule has 7 heteroatoms. The van der Waals surface area contributed by atoms with Crippen LogP contribution >= 0.6 is 11.8 Å². The van der Waals surface area contributed by atoms with E-state index in [0.29, 0.717) is 22.8 Å². The number of carbonyl (C=O) groups excluding carboxylic acids is 2. The molecular formula is C27H23N3O3S. The Morgan fingerprint density at radius 1 is 1.06 bits per heavy atom. The van der Waals surface area contributed by atoms with Gasteiger partial charge >= 0.3 is 0 Å². The van der Waals surface area contributed by atoms with E-state index in [2.05, 4.69) is 5.32 Å². The molecule has 6 nitrogen and oxygen atoms in total. The molecule has 0 unspecified atom stereocenters. The van der Waals surface area contributed by atoms with Crippen molar-refractivity contribution in [2.45, 2.75) is 18.6 Å². The van der Waals surface area contributed by atoms with Crippen molar-refractivity contribution in [3.8, 4) is 11.8 Å². The zero-order valence-electron chi connectivity index (χ0n) is 18.8. The number of amides is 2. The second kappa shape index (κ2) is 10.3. The second-order valence-corrected chi connectivity index (χ2v) is 8.97. The maximum absolute atomic E-state index is 13.5. The second-order valence-electron chi connectivity index (χ2n) is 7.78. The van der Waals surface area contributed by atoms with Crippen LogP contribution in [0.2, 0.25) is 0 Å². The lowest BCUT2D eigenvalue weighted by Gasteiger charge is -2.18. The van der Waals surface area contributed by atoms with E-state index in [-0.39, 0.29) is 11.5 Å². The summed E-state index contributed by atoms with van der Waals surface area (Å²) >= 11 is 1.24. The van der Waals surface area contributed by atoms with Gasteiger partial charge in [0, 0.05) is 11.4 Å². The van der Waals surface area contributed by atoms with E-state index in [0.717, 1.165) is 16.9 Å². The first-order chi connectivity index (χ1) is 16.5. The number of benzene rings is 3. The lowest BCUT2D eigenvalue weighted by atomic mass is 10.1. The standard InChI is InChI=1S/C27H23N3O3S/c1-18-8-12-20(13-9-18)29-25(31)23(17-28)27-30(21-6-4-3-5-7-21)26(32)24(34-27)16-19-10-14-22(33-2)15-11-19/h3-15,24H,16H2,1-2H3,(H,29,31)/b27-23-/t24-/m0/s1. The fourth-order valence-corrected chi connectivity index (χ4v) is 4.91. The zero-order valence-corrected chi connectivity index (χ0v) is 19.6. The normalized spacial score (nSPS) is 16.7. The summed E-state index contributed by atoms with van der Waals surface area (Å²) in [6.45, 7) is 1.95. The summed E-state index contributed by atoms with van der Waals surface area (Å²) < 4.78 is 5.21. The van der Waals surface area contributed by atoms with Gasteiger partial charge in [-0.3, -0.25) is 14.5 Å². The average Bonchev–Trinajstić information content (AvgIpc) is 3.17. The van der Waals surface area contributed by atoms with Gasteiger partial charge in [0.15, 0.2) is 0 Å². The molecule has 0 aliphatic carbocycles. The molecule has 0 spiro atoms. The lowest BCUT2D eigenvalue weighted by Crippen LogP contribution is -2.30. The Labute approximate surface area is 202 Å². The molecule has 1 atom stereocenters. The van der Waals surface area contributed by atoms with Gasteiger partial charge in [-0.1, -0.05) is 59.8 Å². The number of nitrogens with one attached hydrogen (secondary N) is 1. The van der Waals surface area contributed by atoms with Crippen molar-refractivity contribution in [2.75, 3.05) is 17.3 Å². The van der Waals surface area contributed by atoms with E-state index in [1.54, 1.807) is 31.4 Å². The lowest BCUT2D eigenvalue weighted by molar-refractivity contribution is -0.117. The number of para-hydroxylation sites is 1. The van der Waals surface area contributed by atoms with Crippen LogP contribution < -0.4 is 15.0 Å². The minimum atomic E-state index is -0.548. The third-order valence-corrected chi connectivity index (χ3v) is 6.67. The predicted octanol–water partition coefficient (Wildman–Crippen LogP) is 5.07. The largest absolute Gasteiger partial charge is 0.497 e. The van der Waals surface area contributed by atoms with Crippen LogP contribution in [-0.2, 0) is 16.0 Å². The van der Waals surface area contributed by atoms with E-state index >= 15 is 0 Å². The number of hydrogen-bond donors (Lipinski definition) is 1. The van der Waals surface area contributed by atoms with Crippen LogP contribution in [0, 0.1) is 18.3 Å². The number of ether oxygens (including phenoxy) is 1. The molecule has 1 aliphatic rings. The summed E-state index contributed by atoms with van der Waals surface area (Å²) in [7, 11) is 1.60. The Hall–Kier alpha value is -4.02. The summed E-state index contributed by atoms with van der Waals surface area (Å²) in [5.74, 6) is 0.0192. The van der Waals surface area contributed by atoms with E-state index in [9.17, 15) is 14.9 Å². The van der Waals surface area contributed by atoms with Gasteiger partial charge in [-0.05, 0) is 55.3 Å². The molecule has 3 aromatic carbocycles. The Kier molecular flexibility index (Phi) is 7.00. The van der Waals surface area contributed by atoms with Crippen LogP contribution in [0.3, 0.4) is 0 Å². The van der Waals surface area contributed by atoms with Crippen molar-refractivity contribution in [3.05, 3.63) is 101 Å². The molecule has 1 heterocycles. The quantitative estimate of drug-likeness (QED) is 0.403. The molecule has 0 aromatic heterocycles. The molecule has 34 heavy (non-hydrogen) atoms. The zero-order chi connectivity index (χ0) is 24.1. The van der Waals surface area contributed by atoms with Crippen molar-refractivity contribution in [3.63, 3.8) is 0 Å². The minimum Gasteiger partial charge on any atom is -0.497 e. The molecule has 1 fully saturated rings. The van der Waals surface area contributed by atoms with Crippen LogP contribution in [0.15, 0.2) is 89.5 Å². The van der Waals surface area contributed by atoms with E-state index in [1.807, 2.05) is 67.6 Å². The number of thioether (sulfide) groups is 1. The molecular weight excluding hydrogens is 446 g/mol. The number of rotatable bonds is 6. The van der Waals surface area contributed by atoms with Crippen molar-refractivity contribution in [1.82, 2.24) is 0 Å². The molecule has 3 aromatic rings. The molecule has 4 rings (SSSR count). The van der Waals surface area contributed by atoms with Crippen molar-refractivity contribution >= 4 is 35.0 Å². The van der Waals surface area contributed by atoms with Crippen LogP contribution in [0.1, 0.15) is 11.1 Å². The molecule has 170 valence electrons. The van der Waals surface area contributed by atoms with E-state index < -0.39 is 11.2 Å². The fraction of sp³-hybridized carbons (Fsp3) is 0.148. The Bertz CT molecular complexity index is 1260. The summed E-state index contributed by atoms with van der Waals surface area (Å²) in [5, 5.41) is 12.6. The summed E-state index contributed by atoms with van der Waals surface area (Å²) in [5.41, 5.74) is 3.12. The van der Waals surface area contributed by atoms with Gasteiger partial charge in [0.25, 0.3) is 5.91 Å². The smallest absolute Gasteiger partial charge is 0.269 e. The number of hydrogen-bond acceptors (Lipinski definition) is 5. The first kappa shape index (κ1) is 23.1. The molecule has 0 bridgehead atoms. The third kappa shape index (κ3) is 4.98. The SMILES string of the molecule is COc1ccc(C[C@@H]2S/C(=C(/C#N)C(=O)Nc3ccc(C)cc3)N(c3ccccc3)C2=O)cc1. The van der Waals surface area contributed by atoms with E-state index in [4.69, 9.17) is 4.74 Å². The number of nitriles is 1. The molecule has 1 N–H and O–H groups in total. The molecule has 2 amide bonds. The molecule has 1 aliphatic heterocycles. The third-order valence-electron chi connectivity index (χ3n) is 5.41. The maximum atomic E-state index is 13.5. The number of anilines is 2. The van der Waals surface area contributed by atoms with Gasteiger partial charge in [-0.25, -0.2) is 0 Å².